The molecule has 0 radical (unpaired) electrons. The average Bonchev–Trinajstić information content (AvgIpc) is 3.49. The minimum Gasteiger partial charge on any atom is -0.475 e. The summed E-state index contributed by atoms with van der Waals surface area (Å²) in [6.45, 7) is 1.77. The maximum Gasteiger partial charge on any atom is 0.490 e. The molecule has 14 heteroatoms. The van der Waals surface area contributed by atoms with Crippen molar-refractivity contribution in [3.63, 3.8) is 0 Å². The summed E-state index contributed by atoms with van der Waals surface area (Å²) < 4.78 is 35.2. The number of anilines is 1. The fourth-order valence-electron chi connectivity index (χ4n) is 3.92. The molecule has 0 amide bonds. The number of aryl methyl sites for hydroxylation is 1. The van der Waals surface area contributed by atoms with E-state index in [1.165, 1.54) is 0 Å². The van der Waals surface area contributed by atoms with E-state index in [2.05, 4.69) is 26.2 Å². The van der Waals surface area contributed by atoms with Crippen LogP contribution in [0.25, 0.3) is 28.0 Å². The highest BCUT2D eigenvalue weighted by atomic mass is 19.4. The number of nitrogens with zero attached hydrogens (tertiary/aromatic N) is 8. The lowest BCUT2D eigenvalue weighted by Crippen LogP contribution is -2.43. The Labute approximate surface area is 208 Å². The molecule has 1 saturated heterocycles. The van der Waals surface area contributed by atoms with Crippen LogP contribution in [0.3, 0.4) is 0 Å². The summed E-state index contributed by atoms with van der Waals surface area (Å²) >= 11 is 0. The first kappa shape index (κ1) is 25.6. The van der Waals surface area contributed by atoms with E-state index < -0.39 is 12.1 Å². The average molecular weight is 513 g/mol. The molecule has 1 unspecified atom stereocenters. The molecular formula is C23H22F3N9O2. The second-order valence-electron chi connectivity index (χ2n) is 8.40. The van der Waals surface area contributed by atoms with Gasteiger partial charge in [-0.05, 0) is 25.0 Å². The number of aromatic nitrogens is 6. The number of fused-ring (bicyclic) bond motifs is 1. The number of piperidine rings is 1. The summed E-state index contributed by atoms with van der Waals surface area (Å²) in [5.41, 5.74) is 10.3. The maximum absolute atomic E-state index is 10.6. The maximum atomic E-state index is 10.6. The molecule has 1 aliphatic rings. The predicted octanol–water partition coefficient (Wildman–Crippen LogP) is 2.62. The first-order valence-corrected chi connectivity index (χ1v) is 11.1. The molecule has 4 aromatic heterocycles. The first-order chi connectivity index (χ1) is 17.6. The summed E-state index contributed by atoms with van der Waals surface area (Å²) in [4.78, 5) is 20.6. The van der Waals surface area contributed by atoms with Crippen molar-refractivity contribution in [1.29, 1.82) is 5.26 Å². The van der Waals surface area contributed by atoms with Crippen molar-refractivity contribution in [2.24, 2.45) is 12.8 Å². The molecule has 11 nitrogen and oxygen atoms in total. The van der Waals surface area contributed by atoms with Gasteiger partial charge in [0, 0.05) is 49.7 Å². The Morgan fingerprint density at radius 3 is 2.51 bits per heavy atom. The summed E-state index contributed by atoms with van der Waals surface area (Å²) in [6, 6.07) is 6.37. The molecule has 0 saturated carbocycles. The number of aliphatic carboxylic acids is 1. The number of carboxylic acid groups (broad SMARTS) is 1. The van der Waals surface area contributed by atoms with E-state index in [0.717, 1.165) is 48.6 Å². The molecule has 0 aromatic carbocycles. The van der Waals surface area contributed by atoms with Gasteiger partial charge in [0.25, 0.3) is 0 Å². The Balaban J connectivity index is 0.000000405. The van der Waals surface area contributed by atoms with Gasteiger partial charge in [-0.2, -0.15) is 28.6 Å². The van der Waals surface area contributed by atoms with Crippen molar-refractivity contribution in [3.05, 3.63) is 48.7 Å². The number of carbonyl (C=O) groups is 1. The zero-order valence-corrected chi connectivity index (χ0v) is 19.6. The molecule has 1 fully saturated rings. The number of nitriles is 1. The van der Waals surface area contributed by atoms with Crippen molar-refractivity contribution in [2.75, 3.05) is 18.0 Å². The quantitative estimate of drug-likeness (QED) is 0.421. The number of hydrogen-bond donors (Lipinski definition) is 2. The molecule has 1 aliphatic heterocycles. The molecular weight excluding hydrogens is 491 g/mol. The lowest BCUT2D eigenvalue weighted by molar-refractivity contribution is -0.192. The molecule has 5 rings (SSSR count). The van der Waals surface area contributed by atoms with Crippen LogP contribution in [0.15, 0.2) is 43.1 Å². The molecule has 192 valence electrons. The highest BCUT2D eigenvalue weighted by Crippen LogP contribution is 2.29. The fourth-order valence-corrected chi connectivity index (χ4v) is 3.92. The zero-order valence-electron chi connectivity index (χ0n) is 19.6. The third kappa shape index (κ3) is 5.67. The minimum absolute atomic E-state index is 0.183. The van der Waals surface area contributed by atoms with Crippen LogP contribution in [0.2, 0.25) is 0 Å². The van der Waals surface area contributed by atoms with E-state index in [0.29, 0.717) is 16.8 Å². The Hall–Kier alpha value is -4.51. The Morgan fingerprint density at radius 2 is 1.95 bits per heavy atom. The van der Waals surface area contributed by atoms with Crippen LogP contribution in [0, 0.1) is 11.3 Å². The topological polar surface area (TPSA) is 151 Å². The van der Waals surface area contributed by atoms with Gasteiger partial charge in [-0.25, -0.2) is 19.3 Å². The van der Waals surface area contributed by atoms with Crippen LogP contribution >= 0.6 is 0 Å². The third-order valence-electron chi connectivity index (χ3n) is 5.66. The fraction of sp³-hybridized carbons (Fsp3) is 0.304. The van der Waals surface area contributed by atoms with Gasteiger partial charge in [0.1, 0.15) is 23.0 Å². The van der Waals surface area contributed by atoms with E-state index in [1.54, 1.807) is 27.8 Å². The van der Waals surface area contributed by atoms with Gasteiger partial charge in [-0.3, -0.25) is 4.68 Å². The summed E-state index contributed by atoms with van der Waals surface area (Å²) in [6.07, 6.45) is 5.87. The number of alkyl halides is 3. The number of rotatable bonds is 3. The SMILES string of the molecule is Cn1cc(-c2cn3ncc(C#N)c3c(-c3ccc(N4CCCC(N)C4)nc3)n2)cn1.O=C(O)C(F)(F)F. The van der Waals surface area contributed by atoms with Crippen LogP contribution in [-0.2, 0) is 11.8 Å². The smallest absolute Gasteiger partial charge is 0.475 e. The monoisotopic (exact) mass is 513 g/mol. The van der Waals surface area contributed by atoms with Crippen LogP contribution in [0.1, 0.15) is 18.4 Å². The van der Waals surface area contributed by atoms with Gasteiger partial charge >= 0.3 is 12.1 Å². The number of halogens is 3. The second kappa shape index (κ2) is 10.2. The standard InChI is InChI=1S/C21H21N9.C2HF3O2/c1-28-11-16(10-25-28)18-13-30-21(15(7-22)9-26-30)20(27-18)14-4-5-19(24-8-14)29-6-2-3-17(23)12-29;3-2(4,5)1(6)7/h4-5,8-11,13,17H,2-3,6,12,23H2,1H3;(H,6,7). The summed E-state index contributed by atoms with van der Waals surface area (Å²) in [7, 11) is 1.86. The van der Waals surface area contributed by atoms with Gasteiger partial charge in [-0.1, -0.05) is 0 Å². The zero-order chi connectivity index (χ0) is 26.7. The van der Waals surface area contributed by atoms with Gasteiger partial charge < -0.3 is 15.7 Å². The van der Waals surface area contributed by atoms with Crippen molar-refractivity contribution >= 4 is 17.3 Å². The van der Waals surface area contributed by atoms with Gasteiger partial charge in [0.15, 0.2) is 0 Å². The lowest BCUT2D eigenvalue weighted by atomic mass is 10.1. The number of hydrogen-bond acceptors (Lipinski definition) is 8. The van der Waals surface area contributed by atoms with E-state index in [1.807, 2.05) is 31.6 Å². The van der Waals surface area contributed by atoms with Crippen molar-refractivity contribution < 1.29 is 23.1 Å². The summed E-state index contributed by atoms with van der Waals surface area (Å²) in [5, 5.41) is 25.3. The van der Waals surface area contributed by atoms with Crippen molar-refractivity contribution in [3.8, 4) is 28.6 Å². The number of carboxylic acids is 1. The number of nitrogens with two attached hydrogens (primary N) is 1. The third-order valence-corrected chi connectivity index (χ3v) is 5.66. The van der Waals surface area contributed by atoms with Crippen LogP contribution in [0.5, 0.6) is 0 Å². The minimum atomic E-state index is -5.08. The van der Waals surface area contributed by atoms with E-state index >= 15 is 0 Å². The summed E-state index contributed by atoms with van der Waals surface area (Å²) in [5.74, 6) is -1.85. The molecule has 1 atom stereocenters. The van der Waals surface area contributed by atoms with Crippen LogP contribution in [0.4, 0.5) is 19.0 Å². The van der Waals surface area contributed by atoms with Crippen LogP contribution < -0.4 is 10.6 Å². The first-order valence-electron chi connectivity index (χ1n) is 11.1. The lowest BCUT2D eigenvalue weighted by Gasteiger charge is -2.31. The van der Waals surface area contributed by atoms with Gasteiger partial charge in [0.2, 0.25) is 0 Å². The number of pyridine rings is 1. The van der Waals surface area contributed by atoms with Crippen molar-refractivity contribution in [2.45, 2.75) is 25.1 Å². The normalized spacial score (nSPS) is 15.7. The van der Waals surface area contributed by atoms with Gasteiger partial charge in [-0.15, -0.1) is 0 Å². The van der Waals surface area contributed by atoms with E-state index in [4.69, 9.17) is 20.6 Å². The molecule has 0 aliphatic carbocycles. The molecule has 0 bridgehead atoms. The molecule has 4 aromatic rings. The van der Waals surface area contributed by atoms with E-state index in [9.17, 15) is 18.4 Å². The molecule has 3 N–H and O–H groups in total. The van der Waals surface area contributed by atoms with Crippen molar-refractivity contribution in [1.82, 2.24) is 29.4 Å². The predicted molar refractivity (Wildman–Crippen MR) is 126 cm³/mol. The second-order valence-corrected chi connectivity index (χ2v) is 8.40. The largest absolute Gasteiger partial charge is 0.490 e. The van der Waals surface area contributed by atoms with E-state index in [-0.39, 0.29) is 6.04 Å². The van der Waals surface area contributed by atoms with Gasteiger partial charge in [0.05, 0.1) is 30.0 Å². The Bertz CT molecular complexity index is 1460. The highest BCUT2D eigenvalue weighted by Gasteiger charge is 2.38. The molecule has 5 heterocycles. The highest BCUT2D eigenvalue weighted by molar-refractivity contribution is 5.83. The Morgan fingerprint density at radius 1 is 1.19 bits per heavy atom. The Kier molecular flexibility index (Phi) is 7.07. The molecule has 0 spiro atoms. The molecule has 37 heavy (non-hydrogen) atoms. The van der Waals surface area contributed by atoms with Crippen LogP contribution in [-0.4, -0.2) is 65.7 Å².